The number of aliphatic hydroxyl groups is 1. The number of aliphatic hydroxyl groups excluding tert-OH is 1. The Kier molecular flexibility index (Phi) is 3.49. The van der Waals surface area contributed by atoms with Gasteiger partial charge in [0.25, 0.3) is 0 Å². The van der Waals surface area contributed by atoms with E-state index in [1.807, 2.05) is 0 Å². The van der Waals surface area contributed by atoms with Crippen LogP contribution in [0, 0.1) is 0 Å². The number of anilines is 1. The van der Waals surface area contributed by atoms with Gasteiger partial charge in [0.05, 0.1) is 32.6 Å². The molecule has 3 N–H and O–H groups in total. The van der Waals surface area contributed by atoms with Crippen molar-refractivity contribution in [2.24, 2.45) is 0 Å². The zero-order chi connectivity index (χ0) is 8.81. The van der Waals surface area contributed by atoms with Crippen LogP contribution in [0.1, 0.15) is 0 Å². The molecule has 6 heteroatoms. The fourth-order valence-corrected chi connectivity index (χ4v) is 0.747. The molecule has 1 aromatic rings. The first-order valence-corrected chi connectivity index (χ1v) is 3.67. The molecule has 1 heterocycles. The number of ether oxygens (including phenoxy) is 1. The van der Waals surface area contributed by atoms with Gasteiger partial charge in [-0.2, -0.15) is 0 Å². The Morgan fingerprint density at radius 3 is 3.00 bits per heavy atom. The highest BCUT2D eigenvalue weighted by Gasteiger charge is 1.94. The average Bonchev–Trinajstić information content (AvgIpc) is 2.45. The molecule has 0 bridgehead atoms. The summed E-state index contributed by atoms with van der Waals surface area (Å²) in [5.74, 6) is 0.400. The second-order valence-electron chi connectivity index (χ2n) is 2.24. The van der Waals surface area contributed by atoms with Crippen molar-refractivity contribution in [3.63, 3.8) is 0 Å². The van der Waals surface area contributed by atoms with Crippen LogP contribution in [0.25, 0.3) is 0 Å². The zero-order valence-corrected chi connectivity index (χ0v) is 6.68. The van der Waals surface area contributed by atoms with E-state index in [9.17, 15) is 0 Å². The van der Waals surface area contributed by atoms with E-state index in [1.54, 1.807) is 10.9 Å². The Bertz CT molecular complexity index is 225. The molecular formula is C6H12N4O2. The van der Waals surface area contributed by atoms with E-state index in [-0.39, 0.29) is 6.61 Å². The third-order valence-electron chi connectivity index (χ3n) is 1.26. The lowest BCUT2D eigenvalue weighted by Crippen LogP contribution is -2.08. The Hall–Kier alpha value is -1.14. The van der Waals surface area contributed by atoms with Gasteiger partial charge in [0, 0.05) is 0 Å². The van der Waals surface area contributed by atoms with E-state index < -0.39 is 0 Å². The van der Waals surface area contributed by atoms with Crippen LogP contribution in [0.3, 0.4) is 0 Å². The predicted octanol–water partition coefficient (Wildman–Crippen LogP) is -1.13. The third kappa shape index (κ3) is 2.85. The van der Waals surface area contributed by atoms with Gasteiger partial charge in [-0.15, -0.1) is 5.10 Å². The lowest BCUT2D eigenvalue weighted by molar-refractivity contribution is 0.0851. The van der Waals surface area contributed by atoms with Crippen molar-refractivity contribution >= 4 is 5.82 Å². The van der Waals surface area contributed by atoms with E-state index in [4.69, 9.17) is 15.6 Å². The summed E-state index contributed by atoms with van der Waals surface area (Å²) in [7, 11) is 0. The van der Waals surface area contributed by atoms with Gasteiger partial charge in [0.2, 0.25) is 0 Å². The topological polar surface area (TPSA) is 86.2 Å². The summed E-state index contributed by atoms with van der Waals surface area (Å²) in [6, 6.07) is 0. The lowest BCUT2D eigenvalue weighted by Gasteiger charge is -2.00. The molecule has 1 aromatic heterocycles. The fourth-order valence-electron chi connectivity index (χ4n) is 0.747. The van der Waals surface area contributed by atoms with Crippen molar-refractivity contribution < 1.29 is 9.84 Å². The highest BCUT2D eigenvalue weighted by Crippen LogP contribution is 1.91. The molecule has 0 aromatic carbocycles. The molecule has 0 atom stereocenters. The van der Waals surface area contributed by atoms with Crippen LogP contribution in [-0.2, 0) is 11.3 Å². The highest BCUT2D eigenvalue weighted by atomic mass is 16.5. The number of rotatable bonds is 5. The SMILES string of the molecule is Nc1cn(CCOCCO)nn1. The van der Waals surface area contributed by atoms with Gasteiger partial charge in [0.1, 0.15) is 0 Å². The van der Waals surface area contributed by atoms with Crippen molar-refractivity contribution in [2.75, 3.05) is 25.6 Å². The molecule has 0 fully saturated rings. The van der Waals surface area contributed by atoms with Crippen molar-refractivity contribution in [1.29, 1.82) is 0 Å². The van der Waals surface area contributed by atoms with Crippen LogP contribution in [-0.4, -0.2) is 39.9 Å². The Morgan fingerprint density at radius 1 is 1.58 bits per heavy atom. The molecule has 0 aliphatic carbocycles. The minimum absolute atomic E-state index is 0.0412. The second kappa shape index (κ2) is 4.68. The molecular weight excluding hydrogens is 160 g/mol. The maximum absolute atomic E-state index is 8.39. The number of aromatic nitrogens is 3. The van der Waals surface area contributed by atoms with Gasteiger partial charge >= 0.3 is 0 Å². The smallest absolute Gasteiger partial charge is 0.165 e. The summed E-state index contributed by atoms with van der Waals surface area (Å²) in [6.07, 6.45) is 1.63. The monoisotopic (exact) mass is 172 g/mol. The summed E-state index contributed by atoms with van der Waals surface area (Å²) in [5.41, 5.74) is 5.33. The molecule has 0 saturated heterocycles. The highest BCUT2D eigenvalue weighted by molar-refractivity contribution is 5.19. The first-order chi connectivity index (χ1) is 5.83. The molecule has 0 spiro atoms. The van der Waals surface area contributed by atoms with Crippen LogP contribution in [0.2, 0.25) is 0 Å². The van der Waals surface area contributed by atoms with Crippen LogP contribution in [0.4, 0.5) is 5.82 Å². The second-order valence-corrected chi connectivity index (χ2v) is 2.24. The molecule has 0 radical (unpaired) electrons. The molecule has 12 heavy (non-hydrogen) atoms. The standard InChI is InChI=1S/C6H12N4O2/c7-6-5-10(9-8-6)1-3-12-4-2-11/h5,11H,1-4,7H2. The largest absolute Gasteiger partial charge is 0.394 e. The Labute approximate surface area is 69.9 Å². The summed E-state index contributed by atoms with van der Waals surface area (Å²) in [5, 5.41) is 15.7. The fraction of sp³-hybridized carbons (Fsp3) is 0.667. The predicted molar refractivity (Wildman–Crippen MR) is 42.3 cm³/mol. The molecule has 1 rings (SSSR count). The van der Waals surface area contributed by atoms with Gasteiger partial charge < -0.3 is 15.6 Å². The van der Waals surface area contributed by atoms with Crippen molar-refractivity contribution in [2.45, 2.75) is 6.54 Å². The maximum atomic E-state index is 8.39. The van der Waals surface area contributed by atoms with Gasteiger partial charge in [0.15, 0.2) is 5.82 Å². The van der Waals surface area contributed by atoms with Gasteiger partial charge in [-0.1, -0.05) is 5.21 Å². The molecule has 0 aliphatic heterocycles. The average molecular weight is 172 g/mol. The van der Waals surface area contributed by atoms with Crippen molar-refractivity contribution in [3.8, 4) is 0 Å². The van der Waals surface area contributed by atoms with E-state index in [0.717, 1.165) is 0 Å². The maximum Gasteiger partial charge on any atom is 0.165 e. The van der Waals surface area contributed by atoms with Crippen LogP contribution in [0.15, 0.2) is 6.20 Å². The van der Waals surface area contributed by atoms with Gasteiger partial charge in [-0.25, -0.2) is 4.68 Å². The first kappa shape index (κ1) is 8.95. The quantitative estimate of drug-likeness (QED) is 0.549. The summed E-state index contributed by atoms with van der Waals surface area (Å²) in [6.45, 7) is 1.50. The molecule has 0 saturated carbocycles. The van der Waals surface area contributed by atoms with Gasteiger partial charge in [-0.3, -0.25) is 0 Å². The normalized spacial score (nSPS) is 10.4. The molecule has 0 amide bonds. The van der Waals surface area contributed by atoms with Crippen molar-refractivity contribution in [3.05, 3.63) is 6.20 Å². The van der Waals surface area contributed by atoms with Crippen LogP contribution < -0.4 is 5.73 Å². The van der Waals surface area contributed by atoms with E-state index in [2.05, 4.69) is 10.3 Å². The minimum atomic E-state index is 0.0412. The summed E-state index contributed by atoms with van der Waals surface area (Å²) < 4.78 is 6.61. The van der Waals surface area contributed by atoms with Crippen molar-refractivity contribution in [1.82, 2.24) is 15.0 Å². The summed E-state index contributed by atoms with van der Waals surface area (Å²) >= 11 is 0. The first-order valence-electron chi connectivity index (χ1n) is 3.67. The van der Waals surface area contributed by atoms with Crippen LogP contribution in [0.5, 0.6) is 0 Å². The Balaban J connectivity index is 2.15. The molecule has 68 valence electrons. The minimum Gasteiger partial charge on any atom is -0.394 e. The number of nitrogens with two attached hydrogens (primary N) is 1. The number of nitrogens with zero attached hydrogens (tertiary/aromatic N) is 3. The van der Waals surface area contributed by atoms with E-state index in [1.165, 1.54) is 0 Å². The van der Waals surface area contributed by atoms with E-state index in [0.29, 0.717) is 25.6 Å². The van der Waals surface area contributed by atoms with Crippen LogP contribution >= 0.6 is 0 Å². The third-order valence-corrected chi connectivity index (χ3v) is 1.26. The lowest BCUT2D eigenvalue weighted by atomic mass is 10.6. The molecule has 0 unspecified atom stereocenters. The molecule has 6 nitrogen and oxygen atoms in total. The van der Waals surface area contributed by atoms with E-state index >= 15 is 0 Å². The summed E-state index contributed by atoms with van der Waals surface area (Å²) in [4.78, 5) is 0. The number of nitrogen functional groups attached to an aromatic ring is 1. The zero-order valence-electron chi connectivity index (χ0n) is 6.68. The molecule has 0 aliphatic rings. The van der Waals surface area contributed by atoms with Gasteiger partial charge in [-0.05, 0) is 0 Å². The number of hydrogen-bond donors (Lipinski definition) is 2. The Morgan fingerprint density at radius 2 is 2.42 bits per heavy atom. The number of hydrogen-bond acceptors (Lipinski definition) is 5.